The third-order valence-corrected chi connectivity index (χ3v) is 2.67. The molecule has 0 radical (unpaired) electrons. The lowest BCUT2D eigenvalue weighted by atomic mass is 10.0. The quantitative estimate of drug-likeness (QED) is 0.738. The number of methoxy groups -OCH3 is 1. The zero-order valence-electron chi connectivity index (χ0n) is 9.49. The van der Waals surface area contributed by atoms with Gasteiger partial charge in [-0.1, -0.05) is 0 Å². The van der Waals surface area contributed by atoms with Crippen LogP contribution in [0.15, 0.2) is 6.07 Å². The van der Waals surface area contributed by atoms with Crippen LogP contribution in [0.5, 0.6) is 0 Å². The van der Waals surface area contributed by atoms with Gasteiger partial charge >= 0.3 is 0 Å². The van der Waals surface area contributed by atoms with E-state index < -0.39 is 0 Å². The van der Waals surface area contributed by atoms with E-state index >= 15 is 0 Å². The predicted molar refractivity (Wildman–Crippen MR) is 58.9 cm³/mol. The second kappa shape index (κ2) is 4.63. The number of nitrogens with one attached hydrogen (secondary N) is 2. The Kier molecular flexibility index (Phi) is 3.21. The van der Waals surface area contributed by atoms with Gasteiger partial charge in [-0.3, -0.25) is 9.48 Å². The van der Waals surface area contributed by atoms with Crippen LogP contribution in [0.2, 0.25) is 0 Å². The molecule has 0 aliphatic carbocycles. The molecule has 0 spiro atoms. The van der Waals surface area contributed by atoms with E-state index in [2.05, 4.69) is 15.7 Å². The molecule has 1 saturated heterocycles. The summed E-state index contributed by atoms with van der Waals surface area (Å²) in [4.78, 5) is 11.6. The van der Waals surface area contributed by atoms with Gasteiger partial charge in [0.1, 0.15) is 0 Å². The van der Waals surface area contributed by atoms with Crippen molar-refractivity contribution in [1.29, 1.82) is 0 Å². The molecule has 1 aliphatic rings. The lowest BCUT2D eigenvalue weighted by Crippen LogP contribution is -2.48. The zero-order chi connectivity index (χ0) is 11.5. The molecule has 0 unspecified atom stereocenters. The van der Waals surface area contributed by atoms with E-state index in [0.29, 0.717) is 12.4 Å². The van der Waals surface area contributed by atoms with Crippen LogP contribution in [-0.4, -0.2) is 35.9 Å². The van der Waals surface area contributed by atoms with Crippen LogP contribution < -0.4 is 10.6 Å². The molecule has 0 aromatic carbocycles. The molecule has 88 valence electrons. The van der Waals surface area contributed by atoms with Crippen molar-refractivity contribution in [3.05, 3.63) is 11.8 Å². The Morgan fingerprint density at radius 3 is 3.06 bits per heavy atom. The fourth-order valence-corrected chi connectivity index (χ4v) is 1.55. The summed E-state index contributed by atoms with van der Waals surface area (Å²) < 4.78 is 6.73. The molecule has 1 aromatic rings. The van der Waals surface area contributed by atoms with Gasteiger partial charge in [0.2, 0.25) is 5.91 Å². The number of anilines is 1. The molecule has 2 N–H and O–H groups in total. The summed E-state index contributed by atoms with van der Waals surface area (Å²) in [5.41, 5.74) is 0.935. The fraction of sp³-hybridized carbons (Fsp3) is 0.600. The highest BCUT2D eigenvalue weighted by Crippen LogP contribution is 2.12. The Morgan fingerprint density at radius 1 is 1.75 bits per heavy atom. The van der Waals surface area contributed by atoms with Crippen LogP contribution in [-0.2, 0) is 23.2 Å². The molecule has 1 aliphatic heterocycles. The Labute approximate surface area is 94.0 Å². The van der Waals surface area contributed by atoms with Crippen molar-refractivity contribution in [2.75, 3.05) is 25.5 Å². The summed E-state index contributed by atoms with van der Waals surface area (Å²) in [5, 5.41) is 10.0. The van der Waals surface area contributed by atoms with Gasteiger partial charge in [-0.2, -0.15) is 5.10 Å². The number of hydrogen-bond acceptors (Lipinski definition) is 4. The molecular weight excluding hydrogens is 208 g/mol. The molecule has 2 rings (SSSR count). The van der Waals surface area contributed by atoms with Crippen molar-refractivity contribution < 1.29 is 9.53 Å². The largest absolute Gasteiger partial charge is 0.378 e. The van der Waals surface area contributed by atoms with Crippen molar-refractivity contribution in [1.82, 2.24) is 15.1 Å². The normalized spacial score (nSPS) is 15.9. The van der Waals surface area contributed by atoms with Crippen molar-refractivity contribution in [2.45, 2.75) is 6.61 Å². The second-order valence-corrected chi connectivity index (χ2v) is 3.92. The molecule has 6 nitrogen and oxygen atoms in total. The minimum atomic E-state index is 0.0285. The Morgan fingerprint density at radius 2 is 2.50 bits per heavy atom. The maximum Gasteiger partial charge on any atom is 0.231 e. The smallest absolute Gasteiger partial charge is 0.231 e. The van der Waals surface area contributed by atoms with E-state index in [0.717, 1.165) is 18.8 Å². The van der Waals surface area contributed by atoms with Gasteiger partial charge in [-0.05, 0) is 0 Å². The first-order chi connectivity index (χ1) is 7.70. The van der Waals surface area contributed by atoms with Crippen molar-refractivity contribution >= 4 is 11.7 Å². The Bertz CT molecular complexity index is 384. The number of aromatic nitrogens is 2. The summed E-state index contributed by atoms with van der Waals surface area (Å²) in [5.74, 6) is 0.695. The SMILES string of the molecule is COCc1cc(NC(=O)C2CNC2)nn1C. The topological polar surface area (TPSA) is 68.2 Å². The monoisotopic (exact) mass is 224 g/mol. The van der Waals surface area contributed by atoms with Crippen LogP contribution in [0.1, 0.15) is 5.69 Å². The van der Waals surface area contributed by atoms with Gasteiger partial charge < -0.3 is 15.4 Å². The lowest BCUT2D eigenvalue weighted by molar-refractivity contribution is -0.121. The van der Waals surface area contributed by atoms with Crippen LogP contribution in [0.25, 0.3) is 0 Å². The van der Waals surface area contributed by atoms with E-state index in [4.69, 9.17) is 4.74 Å². The average molecular weight is 224 g/mol. The van der Waals surface area contributed by atoms with E-state index in [-0.39, 0.29) is 11.8 Å². The van der Waals surface area contributed by atoms with Crippen LogP contribution >= 0.6 is 0 Å². The van der Waals surface area contributed by atoms with Crippen molar-refractivity contribution in [3.8, 4) is 0 Å². The lowest BCUT2D eigenvalue weighted by Gasteiger charge is -2.25. The second-order valence-electron chi connectivity index (χ2n) is 3.92. The highest BCUT2D eigenvalue weighted by atomic mass is 16.5. The van der Waals surface area contributed by atoms with Gasteiger partial charge in [-0.25, -0.2) is 0 Å². The van der Waals surface area contributed by atoms with E-state index in [9.17, 15) is 4.79 Å². The number of aryl methyl sites for hydroxylation is 1. The predicted octanol–water partition coefficient (Wildman–Crippen LogP) is -0.276. The number of carbonyl (C=O) groups is 1. The van der Waals surface area contributed by atoms with Crippen LogP contribution in [0.4, 0.5) is 5.82 Å². The van der Waals surface area contributed by atoms with Crippen molar-refractivity contribution in [3.63, 3.8) is 0 Å². The summed E-state index contributed by atoms with van der Waals surface area (Å²) >= 11 is 0. The first-order valence-electron chi connectivity index (χ1n) is 5.24. The van der Waals surface area contributed by atoms with Gasteiger partial charge in [0.15, 0.2) is 5.82 Å². The van der Waals surface area contributed by atoms with Gasteiger partial charge in [0, 0.05) is 33.3 Å². The molecule has 0 saturated carbocycles. The zero-order valence-corrected chi connectivity index (χ0v) is 9.49. The maximum absolute atomic E-state index is 11.6. The fourth-order valence-electron chi connectivity index (χ4n) is 1.55. The Hall–Kier alpha value is -1.40. The van der Waals surface area contributed by atoms with Crippen molar-refractivity contribution in [2.24, 2.45) is 13.0 Å². The minimum Gasteiger partial charge on any atom is -0.378 e. The standard InChI is InChI=1S/C10H16N4O2/c1-14-8(6-16-2)3-9(13-14)12-10(15)7-4-11-5-7/h3,7,11H,4-6H2,1-2H3,(H,12,13,15). The molecule has 0 atom stereocenters. The number of carbonyl (C=O) groups excluding carboxylic acids is 1. The third-order valence-electron chi connectivity index (χ3n) is 2.67. The molecule has 6 heteroatoms. The molecule has 2 heterocycles. The molecule has 1 aromatic heterocycles. The van der Waals surface area contributed by atoms with Gasteiger partial charge in [0.25, 0.3) is 0 Å². The molecule has 16 heavy (non-hydrogen) atoms. The van der Waals surface area contributed by atoms with Gasteiger partial charge in [0.05, 0.1) is 18.2 Å². The maximum atomic E-state index is 11.6. The van der Waals surface area contributed by atoms with E-state index in [1.807, 2.05) is 13.1 Å². The summed E-state index contributed by atoms with van der Waals surface area (Å²) in [7, 11) is 3.46. The minimum absolute atomic E-state index is 0.0285. The molecular formula is C10H16N4O2. The number of hydrogen-bond donors (Lipinski definition) is 2. The third kappa shape index (κ3) is 2.23. The first kappa shape index (κ1) is 11.1. The first-order valence-corrected chi connectivity index (χ1v) is 5.24. The Balaban J connectivity index is 1.98. The molecule has 1 fully saturated rings. The van der Waals surface area contributed by atoms with E-state index in [1.54, 1.807) is 11.8 Å². The number of ether oxygens (including phenoxy) is 1. The summed E-state index contributed by atoms with van der Waals surface area (Å²) in [6.07, 6.45) is 0. The average Bonchev–Trinajstić information content (AvgIpc) is 2.44. The number of nitrogens with zero attached hydrogens (tertiary/aromatic N) is 2. The molecule has 0 bridgehead atoms. The highest BCUT2D eigenvalue weighted by Gasteiger charge is 2.25. The highest BCUT2D eigenvalue weighted by molar-refractivity contribution is 5.92. The van der Waals surface area contributed by atoms with Crippen LogP contribution in [0.3, 0.4) is 0 Å². The summed E-state index contributed by atoms with van der Waals surface area (Å²) in [6.45, 7) is 2.00. The summed E-state index contributed by atoms with van der Waals surface area (Å²) in [6, 6.07) is 1.83. The van der Waals surface area contributed by atoms with Gasteiger partial charge in [-0.15, -0.1) is 0 Å². The van der Waals surface area contributed by atoms with E-state index in [1.165, 1.54) is 0 Å². The molecule has 1 amide bonds. The number of amides is 1. The number of rotatable bonds is 4. The van der Waals surface area contributed by atoms with Crippen LogP contribution in [0, 0.1) is 5.92 Å².